The van der Waals surface area contributed by atoms with E-state index >= 15 is 0 Å². The zero-order valence-electron chi connectivity index (χ0n) is 15.4. The van der Waals surface area contributed by atoms with E-state index in [0.717, 1.165) is 18.9 Å². The number of nitrogens with two attached hydrogens (primary N) is 1. The average Bonchev–Trinajstić information content (AvgIpc) is 3.38. The van der Waals surface area contributed by atoms with Gasteiger partial charge in [0.2, 0.25) is 5.43 Å². The van der Waals surface area contributed by atoms with E-state index < -0.39 is 17.2 Å². The fourth-order valence-electron chi connectivity index (χ4n) is 4.00. The zero-order valence-corrected chi connectivity index (χ0v) is 15.4. The topological polar surface area (TPSA) is 101 Å². The molecule has 7 nitrogen and oxygen atoms in total. The molecule has 0 amide bonds. The second-order valence-corrected chi connectivity index (χ2v) is 8.28. The van der Waals surface area contributed by atoms with Crippen molar-refractivity contribution in [3.05, 3.63) is 33.9 Å². The summed E-state index contributed by atoms with van der Waals surface area (Å²) in [6.07, 6.45) is 3.12. The van der Waals surface area contributed by atoms with Crippen molar-refractivity contribution in [3.63, 3.8) is 0 Å². The highest BCUT2D eigenvalue weighted by Gasteiger charge is 2.40. The second-order valence-electron chi connectivity index (χ2n) is 8.28. The Morgan fingerprint density at radius 3 is 2.70 bits per heavy atom. The van der Waals surface area contributed by atoms with E-state index in [-0.39, 0.29) is 34.1 Å². The van der Waals surface area contributed by atoms with Crippen LogP contribution in [0.25, 0.3) is 11.0 Å². The van der Waals surface area contributed by atoms with Crippen LogP contribution in [0, 0.1) is 17.2 Å². The molecule has 2 aromatic heterocycles. The van der Waals surface area contributed by atoms with Gasteiger partial charge in [-0.25, -0.2) is 14.2 Å². The van der Waals surface area contributed by atoms with E-state index in [4.69, 9.17) is 5.73 Å². The van der Waals surface area contributed by atoms with E-state index in [9.17, 15) is 19.1 Å². The molecular formula is C19H23FN4O3. The van der Waals surface area contributed by atoms with Crippen molar-refractivity contribution in [1.82, 2.24) is 9.55 Å². The number of fused-ring (bicyclic) bond motifs is 1. The lowest BCUT2D eigenvalue weighted by Gasteiger charge is -2.24. The summed E-state index contributed by atoms with van der Waals surface area (Å²) in [7, 11) is 0. The molecule has 1 atom stereocenters. The van der Waals surface area contributed by atoms with Crippen molar-refractivity contribution >= 4 is 22.8 Å². The highest BCUT2D eigenvalue weighted by atomic mass is 19.1. The summed E-state index contributed by atoms with van der Waals surface area (Å²) in [5.74, 6) is -1.51. The van der Waals surface area contributed by atoms with Crippen LogP contribution in [0.2, 0.25) is 0 Å². The SMILES string of the molecule is CC1(C)CN(c2nc3c(cc2F)c(=O)c(C(=O)O)cn3C2CC2)CC1CN. The lowest BCUT2D eigenvalue weighted by atomic mass is 9.82. The van der Waals surface area contributed by atoms with Crippen molar-refractivity contribution in [2.75, 3.05) is 24.5 Å². The first-order chi connectivity index (χ1) is 12.7. The number of pyridine rings is 2. The average molecular weight is 374 g/mol. The summed E-state index contributed by atoms with van der Waals surface area (Å²) in [6, 6.07) is 1.23. The third kappa shape index (κ3) is 2.88. The largest absolute Gasteiger partial charge is 0.477 e. The van der Waals surface area contributed by atoms with E-state index in [1.54, 1.807) is 4.57 Å². The fourth-order valence-corrected chi connectivity index (χ4v) is 4.00. The van der Waals surface area contributed by atoms with Crippen LogP contribution in [0.3, 0.4) is 0 Å². The van der Waals surface area contributed by atoms with Crippen LogP contribution in [-0.4, -0.2) is 40.3 Å². The molecule has 0 bridgehead atoms. The number of carboxylic acids is 1. The van der Waals surface area contributed by atoms with Crippen molar-refractivity contribution < 1.29 is 14.3 Å². The molecule has 1 saturated heterocycles. The molecule has 1 aliphatic carbocycles. The van der Waals surface area contributed by atoms with Crippen molar-refractivity contribution in [2.24, 2.45) is 17.1 Å². The predicted molar refractivity (Wildman–Crippen MR) is 99.7 cm³/mol. The van der Waals surface area contributed by atoms with Gasteiger partial charge in [-0.2, -0.15) is 0 Å². The fraction of sp³-hybridized carbons (Fsp3) is 0.526. The molecule has 8 heteroatoms. The number of hydrogen-bond acceptors (Lipinski definition) is 5. The summed E-state index contributed by atoms with van der Waals surface area (Å²) >= 11 is 0. The molecule has 0 radical (unpaired) electrons. The molecule has 27 heavy (non-hydrogen) atoms. The van der Waals surface area contributed by atoms with Gasteiger partial charge in [-0.15, -0.1) is 0 Å². The Labute approximate surface area is 155 Å². The Balaban J connectivity index is 1.89. The van der Waals surface area contributed by atoms with E-state index in [0.29, 0.717) is 25.3 Å². The summed E-state index contributed by atoms with van der Waals surface area (Å²) in [5.41, 5.74) is 5.10. The third-order valence-electron chi connectivity index (χ3n) is 5.84. The highest BCUT2D eigenvalue weighted by molar-refractivity contribution is 5.92. The number of hydrogen-bond donors (Lipinski definition) is 2. The second kappa shape index (κ2) is 6.02. The van der Waals surface area contributed by atoms with Gasteiger partial charge in [-0.1, -0.05) is 13.8 Å². The van der Waals surface area contributed by atoms with Crippen LogP contribution >= 0.6 is 0 Å². The molecule has 1 aliphatic heterocycles. The third-order valence-corrected chi connectivity index (χ3v) is 5.84. The number of carboxylic acid groups (broad SMARTS) is 1. The highest BCUT2D eigenvalue weighted by Crippen LogP contribution is 2.39. The number of aromatic carboxylic acids is 1. The molecule has 3 heterocycles. The Bertz CT molecular complexity index is 997. The van der Waals surface area contributed by atoms with Crippen LogP contribution in [-0.2, 0) is 0 Å². The Morgan fingerprint density at radius 2 is 2.15 bits per heavy atom. The number of nitrogens with zero attached hydrogens (tertiary/aromatic N) is 3. The van der Waals surface area contributed by atoms with Gasteiger partial charge in [0.05, 0.1) is 5.39 Å². The molecule has 3 N–H and O–H groups in total. The summed E-state index contributed by atoms with van der Waals surface area (Å²) in [4.78, 5) is 30.3. The lowest BCUT2D eigenvalue weighted by molar-refractivity contribution is 0.0695. The normalized spacial score (nSPS) is 21.8. The first-order valence-corrected chi connectivity index (χ1v) is 9.16. The maximum absolute atomic E-state index is 14.9. The molecule has 4 rings (SSSR count). The number of aromatic nitrogens is 2. The maximum Gasteiger partial charge on any atom is 0.341 e. The maximum atomic E-state index is 14.9. The van der Waals surface area contributed by atoms with Gasteiger partial charge >= 0.3 is 5.97 Å². The summed E-state index contributed by atoms with van der Waals surface area (Å²) < 4.78 is 16.6. The first-order valence-electron chi connectivity index (χ1n) is 9.16. The molecule has 1 saturated carbocycles. The first kappa shape index (κ1) is 17.9. The van der Waals surface area contributed by atoms with E-state index in [2.05, 4.69) is 18.8 Å². The van der Waals surface area contributed by atoms with Crippen LogP contribution < -0.4 is 16.1 Å². The minimum atomic E-state index is -1.31. The lowest BCUT2D eigenvalue weighted by Crippen LogP contribution is -2.28. The van der Waals surface area contributed by atoms with Gasteiger partial charge in [0.25, 0.3) is 0 Å². The molecular weight excluding hydrogens is 351 g/mol. The minimum Gasteiger partial charge on any atom is -0.477 e. The number of rotatable bonds is 4. The molecule has 2 aromatic rings. The smallest absolute Gasteiger partial charge is 0.341 e. The van der Waals surface area contributed by atoms with E-state index in [1.807, 2.05) is 4.90 Å². The number of halogens is 1. The zero-order chi connectivity index (χ0) is 19.5. The number of carbonyl (C=O) groups is 1. The van der Waals surface area contributed by atoms with Gasteiger partial charge in [0.1, 0.15) is 11.2 Å². The quantitative estimate of drug-likeness (QED) is 0.849. The molecule has 1 unspecified atom stereocenters. The van der Waals surface area contributed by atoms with Gasteiger partial charge in [0, 0.05) is 25.3 Å². The van der Waals surface area contributed by atoms with Crippen LogP contribution in [0.5, 0.6) is 0 Å². The van der Waals surface area contributed by atoms with Gasteiger partial charge in [0.15, 0.2) is 11.6 Å². The van der Waals surface area contributed by atoms with Crippen molar-refractivity contribution in [1.29, 1.82) is 0 Å². The summed E-state index contributed by atoms with van der Waals surface area (Å²) in [6.45, 7) is 5.92. The standard InChI is InChI=1S/C19H23FN4O3/c1-19(2)9-23(7-10(19)6-21)17-14(20)5-12-15(25)13(18(26)27)8-24(11-3-4-11)16(12)22-17/h5,8,10-11H,3-4,6-7,9,21H2,1-2H3,(H,26,27). The van der Waals surface area contributed by atoms with Gasteiger partial charge in [-0.05, 0) is 36.8 Å². The Hall–Kier alpha value is -2.48. The number of anilines is 1. The molecule has 0 aromatic carbocycles. The van der Waals surface area contributed by atoms with E-state index in [1.165, 1.54) is 6.20 Å². The molecule has 0 spiro atoms. The molecule has 2 fully saturated rings. The van der Waals surface area contributed by atoms with Crippen molar-refractivity contribution in [3.8, 4) is 0 Å². The molecule has 2 aliphatic rings. The summed E-state index contributed by atoms with van der Waals surface area (Å²) in [5, 5.41) is 9.33. The Morgan fingerprint density at radius 1 is 1.44 bits per heavy atom. The molecule has 144 valence electrons. The predicted octanol–water partition coefficient (Wildman–Crippen LogP) is 1.99. The van der Waals surface area contributed by atoms with Gasteiger partial charge in [-0.3, -0.25) is 4.79 Å². The minimum absolute atomic E-state index is 0.0110. The van der Waals surface area contributed by atoms with Crippen LogP contribution in [0.1, 0.15) is 43.1 Å². The van der Waals surface area contributed by atoms with Gasteiger partial charge < -0.3 is 20.3 Å². The Kier molecular flexibility index (Phi) is 3.99. The van der Waals surface area contributed by atoms with Crippen LogP contribution in [0.15, 0.2) is 17.1 Å². The van der Waals surface area contributed by atoms with Crippen LogP contribution in [0.4, 0.5) is 10.2 Å². The van der Waals surface area contributed by atoms with Crippen molar-refractivity contribution in [2.45, 2.75) is 32.7 Å². The monoisotopic (exact) mass is 374 g/mol.